The summed E-state index contributed by atoms with van der Waals surface area (Å²) in [6.45, 7) is 2.88. The summed E-state index contributed by atoms with van der Waals surface area (Å²) in [6.07, 6.45) is 1.03. The molecule has 2 aromatic carbocycles. The summed E-state index contributed by atoms with van der Waals surface area (Å²) in [7, 11) is 0. The van der Waals surface area contributed by atoms with Crippen molar-refractivity contribution in [3.8, 4) is 5.75 Å². The zero-order chi connectivity index (χ0) is 9.80. The monoisotopic (exact) mass is 185 g/mol. The summed E-state index contributed by atoms with van der Waals surface area (Å²) >= 11 is 0. The van der Waals surface area contributed by atoms with Crippen LogP contribution in [0.2, 0.25) is 0 Å². The highest BCUT2D eigenvalue weighted by Gasteiger charge is 1.99. The highest BCUT2D eigenvalue weighted by Crippen LogP contribution is 2.24. The van der Waals surface area contributed by atoms with E-state index in [4.69, 9.17) is 4.74 Å². The third-order valence-corrected chi connectivity index (χ3v) is 2.13. The van der Waals surface area contributed by atoms with Crippen LogP contribution in [0.1, 0.15) is 13.3 Å². The number of rotatable bonds is 3. The molecule has 1 radical (unpaired) electrons. The Morgan fingerprint density at radius 2 is 2.14 bits per heavy atom. The SMILES string of the molecule is CCCOc1cccc2[c]cccc12. The van der Waals surface area contributed by atoms with Gasteiger partial charge in [0.15, 0.2) is 0 Å². The van der Waals surface area contributed by atoms with E-state index < -0.39 is 0 Å². The van der Waals surface area contributed by atoms with Crippen molar-refractivity contribution in [3.05, 3.63) is 42.5 Å². The first kappa shape index (κ1) is 9.07. The Labute approximate surface area is 84.3 Å². The van der Waals surface area contributed by atoms with Crippen molar-refractivity contribution in [3.63, 3.8) is 0 Å². The molecule has 0 spiro atoms. The Hall–Kier alpha value is -1.50. The van der Waals surface area contributed by atoms with E-state index in [9.17, 15) is 0 Å². The first-order valence-electron chi connectivity index (χ1n) is 4.94. The zero-order valence-corrected chi connectivity index (χ0v) is 8.29. The van der Waals surface area contributed by atoms with Gasteiger partial charge in [-0.3, -0.25) is 0 Å². The van der Waals surface area contributed by atoms with Gasteiger partial charge in [0.25, 0.3) is 0 Å². The summed E-state index contributed by atoms with van der Waals surface area (Å²) < 4.78 is 5.65. The topological polar surface area (TPSA) is 9.23 Å². The summed E-state index contributed by atoms with van der Waals surface area (Å²) in [4.78, 5) is 0. The summed E-state index contributed by atoms with van der Waals surface area (Å²) in [5.41, 5.74) is 0. The van der Waals surface area contributed by atoms with E-state index in [-0.39, 0.29) is 0 Å². The Morgan fingerprint density at radius 3 is 3.00 bits per heavy atom. The second-order valence-electron chi connectivity index (χ2n) is 3.24. The van der Waals surface area contributed by atoms with Gasteiger partial charge < -0.3 is 4.74 Å². The van der Waals surface area contributed by atoms with Gasteiger partial charge in [0.1, 0.15) is 5.75 Å². The molecule has 1 nitrogen and oxygen atoms in total. The van der Waals surface area contributed by atoms with Crippen molar-refractivity contribution in [1.82, 2.24) is 0 Å². The van der Waals surface area contributed by atoms with E-state index >= 15 is 0 Å². The van der Waals surface area contributed by atoms with Crippen LogP contribution in [0, 0.1) is 6.07 Å². The van der Waals surface area contributed by atoms with Gasteiger partial charge in [-0.25, -0.2) is 0 Å². The molecule has 2 aromatic rings. The maximum atomic E-state index is 5.65. The van der Waals surface area contributed by atoms with Crippen LogP contribution in [0.15, 0.2) is 36.4 Å². The van der Waals surface area contributed by atoms with Crippen LogP contribution in [0.4, 0.5) is 0 Å². The smallest absolute Gasteiger partial charge is 0.127 e. The number of benzene rings is 2. The summed E-state index contributed by atoms with van der Waals surface area (Å²) in [5, 5.41) is 2.25. The van der Waals surface area contributed by atoms with Crippen molar-refractivity contribution in [2.75, 3.05) is 6.61 Å². The van der Waals surface area contributed by atoms with Gasteiger partial charge in [0.05, 0.1) is 6.61 Å². The molecule has 0 aromatic heterocycles. The van der Waals surface area contributed by atoms with Gasteiger partial charge in [-0.15, -0.1) is 0 Å². The third-order valence-electron chi connectivity index (χ3n) is 2.13. The fraction of sp³-hybridized carbons (Fsp3) is 0.231. The number of ether oxygens (including phenoxy) is 1. The molecule has 0 aliphatic carbocycles. The van der Waals surface area contributed by atoms with Crippen LogP contribution >= 0.6 is 0 Å². The van der Waals surface area contributed by atoms with Gasteiger partial charge in [0, 0.05) is 5.39 Å². The molecule has 71 valence electrons. The highest BCUT2D eigenvalue weighted by molar-refractivity contribution is 5.87. The second-order valence-corrected chi connectivity index (χ2v) is 3.24. The minimum Gasteiger partial charge on any atom is -0.493 e. The lowest BCUT2D eigenvalue weighted by Crippen LogP contribution is -1.95. The summed E-state index contributed by atoms with van der Waals surface area (Å²) in [6, 6.07) is 15.2. The average Bonchev–Trinajstić information content (AvgIpc) is 2.26. The van der Waals surface area contributed by atoms with Gasteiger partial charge in [-0.2, -0.15) is 0 Å². The lowest BCUT2D eigenvalue weighted by molar-refractivity contribution is 0.321. The van der Waals surface area contributed by atoms with Crippen molar-refractivity contribution in [2.45, 2.75) is 13.3 Å². The summed E-state index contributed by atoms with van der Waals surface area (Å²) in [5.74, 6) is 0.959. The Bertz CT molecular complexity index is 415. The minimum absolute atomic E-state index is 0.772. The van der Waals surface area contributed by atoms with Crippen LogP contribution in [-0.4, -0.2) is 6.61 Å². The van der Waals surface area contributed by atoms with Crippen LogP contribution in [0.5, 0.6) is 5.75 Å². The maximum absolute atomic E-state index is 5.65. The van der Waals surface area contributed by atoms with Crippen LogP contribution < -0.4 is 4.74 Å². The molecule has 0 atom stereocenters. The Morgan fingerprint density at radius 1 is 1.21 bits per heavy atom. The number of hydrogen-bond acceptors (Lipinski definition) is 1. The molecule has 0 unspecified atom stereocenters. The lowest BCUT2D eigenvalue weighted by atomic mass is 10.1. The predicted molar refractivity (Wildman–Crippen MR) is 58.6 cm³/mol. The van der Waals surface area contributed by atoms with E-state index in [1.54, 1.807) is 0 Å². The molecular weight excluding hydrogens is 172 g/mol. The fourth-order valence-electron chi connectivity index (χ4n) is 1.46. The molecule has 0 N–H and O–H groups in total. The van der Waals surface area contributed by atoms with E-state index in [2.05, 4.69) is 19.1 Å². The molecule has 0 saturated heterocycles. The largest absolute Gasteiger partial charge is 0.493 e. The van der Waals surface area contributed by atoms with Crippen molar-refractivity contribution in [1.29, 1.82) is 0 Å². The molecule has 14 heavy (non-hydrogen) atoms. The average molecular weight is 185 g/mol. The molecule has 0 bridgehead atoms. The molecule has 1 heteroatoms. The van der Waals surface area contributed by atoms with Crippen molar-refractivity contribution < 1.29 is 4.74 Å². The maximum Gasteiger partial charge on any atom is 0.127 e. The molecule has 0 aliphatic heterocycles. The first-order valence-corrected chi connectivity index (χ1v) is 4.94. The number of hydrogen-bond donors (Lipinski definition) is 0. The van der Waals surface area contributed by atoms with Gasteiger partial charge in [-0.05, 0) is 23.9 Å². The van der Waals surface area contributed by atoms with Gasteiger partial charge in [-0.1, -0.05) is 37.3 Å². The Balaban J connectivity index is 2.43. The molecule has 2 rings (SSSR count). The molecule has 0 amide bonds. The first-order chi connectivity index (χ1) is 6.92. The highest BCUT2D eigenvalue weighted by atomic mass is 16.5. The second kappa shape index (κ2) is 4.14. The minimum atomic E-state index is 0.772. The van der Waals surface area contributed by atoms with E-state index in [0.29, 0.717) is 0 Å². The quantitative estimate of drug-likeness (QED) is 0.711. The molecular formula is C13H13O. The zero-order valence-electron chi connectivity index (χ0n) is 8.29. The van der Waals surface area contributed by atoms with E-state index in [1.807, 2.05) is 30.3 Å². The van der Waals surface area contributed by atoms with Crippen LogP contribution in [0.3, 0.4) is 0 Å². The normalized spacial score (nSPS) is 10.4. The van der Waals surface area contributed by atoms with Gasteiger partial charge >= 0.3 is 0 Å². The van der Waals surface area contributed by atoms with Crippen LogP contribution in [-0.2, 0) is 0 Å². The van der Waals surface area contributed by atoms with Gasteiger partial charge in [0.2, 0.25) is 0 Å². The van der Waals surface area contributed by atoms with Crippen LogP contribution in [0.25, 0.3) is 10.8 Å². The van der Waals surface area contributed by atoms with E-state index in [1.165, 1.54) is 0 Å². The lowest BCUT2D eigenvalue weighted by Gasteiger charge is -2.07. The predicted octanol–water partition coefficient (Wildman–Crippen LogP) is 3.43. The standard InChI is InChI=1S/C13H13O/c1-2-10-14-13-9-5-7-11-6-3-4-8-12(11)13/h3-5,7-9H,2,10H2,1H3. The Kier molecular flexibility index (Phi) is 2.68. The fourth-order valence-corrected chi connectivity index (χ4v) is 1.46. The number of fused-ring (bicyclic) bond motifs is 1. The molecule has 0 fully saturated rings. The molecule has 0 aliphatic rings. The molecule has 0 saturated carbocycles. The third kappa shape index (κ3) is 1.72. The van der Waals surface area contributed by atoms with E-state index in [0.717, 1.165) is 29.5 Å². The van der Waals surface area contributed by atoms with Crippen molar-refractivity contribution in [2.24, 2.45) is 0 Å². The van der Waals surface area contributed by atoms with Crippen molar-refractivity contribution >= 4 is 10.8 Å². The molecule has 0 heterocycles.